The predicted molar refractivity (Wildman–Crippen MR) is 71.0 cm³/mol. The van der Waals surface area contributed by atoms with Crippen LogP contribution in [0.15, 0.2) is 0 Å². The fraction of sp³-hybridized carbons (Fsp3) is 0.933. The highest BCUT2D eigenvalue weighted by molar-refractivity contribution is 5.81. The van der Waals surface area contributed by atoms with E-state index in [0.717, 1.165) is 31.8 Å². The number of carbonyl (C=O) groups is 1. The summed E-state index contributed by atoms with van der Waals surface area (Å²) < 4.78 is 5.51. The normalized spacial score (nSPS) is 25.2. The van der Waals surface area contributed by atoms with Crippen LogP contribution in [-0.2, 0) is 9.53 Å². The molecule has 1 rings (SSSR count). The van der Waals surface area contributed by atoms with Crippen molar-refractivity contribution in [2.24, 2.45) is 17.8 Å². The van der Waals surface area contributed by atoms with Gasteiger partial charge in [-0.3, -0.25) is 4.79 Å². The lowest BCUT2D eigenvalue weighted by molar-refractivity contribution is -0.125. The van der Waals surface area contributed by atoms with Crippen molar-refractivity contribution in [1.82, 2.24) is 0 Å². The smallest absolute Gasteiger partial charge is 0.138 e. The third-order valence-corrected chi connectivity index (χ3v) is 3.72. The van der Waals surface area contributed by atoms with Gasteiger partial charge in [-0.1, -0.05) is 33.6 Å². The van der Waals surface area contributed by atoms with E-state index in [-0.39, 0.29) is 0 Å². The molecule has 1 fully saturated rings. The minimum Gasteiger partial charge on any atom is -0.381 e. The van der Waals surface area contributed by atoms with Gasteiger partial charge >= 0.3 is 0 Å². The van der Waals surface area contributed by atoms with Crippen LogP contribution in [0.3, 0.4) is 0 Å². The van der Waals surface area contributed by atoms with Crippen molar-refractivity contribution in [1.29, 1.82) is 0 Å². The summed E-state index contributed by atoms with van der Waals surface area (Å²) in [6, 6.07) is 0. The van der Waals surface area contributed by atoms with Crippen LogP contribution in [0.1, 0.15) is 59.3 Å². The SMILES string of the molecule is CC(C)CCOCCC(=O)C1CCCC(C)C1. The van der Waals surface area contributed by atoms with E-state index in [1.807, 2.05) is 0 Å². The molecule has 1 aliphatic rings. The lowest BCUT2D eigenvalue weighted by Gasteiger charge is -2.25. The standard InChI is InChI=1S/C15H28O2/c1-12(2)7-9-17-10-8-15(16)14-6-4-5-13(3)11-14/h12-14H,4-11H2,1-3H3. The van der Waals surface area contributed by atoms with Gasteiger partial charge in [0, 0.05) is 18.9 Å². The number of carbonyl (C=O) groups excluding carboxylic acids is 1. The second-order valence-corrected chi connectivity index (χ2v) is 5.98. The van der Waals surface area contributed by atoms with E-state index in [9.17, 15) is 4.79 Å². The first kappa shape index (κ1) is 14.7. The maximum Gasteiger partial charge on any atom is 0.138 e. The zero-order valence-electron chi connectivity index (χ0n) is 11.7. The summed E-state index contributed by atoms with van der Waals surface area (Å²) in [6.07, 6.45) is 6.45. The Labute approximate surface area is 106 Å². The molecule has 2 atom stereocenters. The summed E-state index contributed by atoms with van der Waals surface area (Å²) in [5.41, 5.74) is 0. The van der Waals surface area contributed by atoms with Crippen LogP contribution in [0, 0.1) is 17.8 Å². The van der Waals surface area contributed by atoms with Gasteiger partial charge in [0.1, 0.15) is 5.78 Å². The quantitative estimate of drug-likeness (QED) is 0.632. The van der Waals surface area contributed by atoms with E-state index in [1.165, 1.54) is 12.8 Å². The molecule has 0 saturated heterocycles. The number of rotatable bonds is 7. The van der Waals surface area contributed by atoms with E-state index < -0.39 is 0 Å². The topological polar surface area (TPSA) is 26.3 Å². The molecule has 0 N–H and O–H groups in total. The lowest BCUT2D eigenvalue weighted by Crippen LogP contribution is -2.22. The van der Waals surface area contributed by atoms with Crippen LogP contribution >= 0.6 is 0 Å². The second-order valence-electron chi connectivity index (χ2n) is 5.98. The summed E-state index contributed by atoms with van der Waals surface area (Å²) in [5.74, 6) is 2.18. The van der Waals surface area contributed by atoms with E-state index >= 15 is 0 Å². The fourth-order valence-corrected chi connectivity index (χ4v) is 2.52. The highest BCUT2D eigenvalue weighted by Crippen LogP contribution is 2.29. The molecule has 0 aromatic heterocycles. The van der Waals surface area contributed by atoms with Crippen molar-refractivity contribution < 1.29 is 9.53 Å². The third-order valence-electron chi connectivity index (χ3n) is 3.72. The summed E-state index contributed by atoms with van der Waals surface area (Å²) in [6.45, 7) is 8.07. The summed E-state index contributed by atoms with van der Waals surface area (Å²) in [5, 5.41) is 0. The average molecular weight is 240 g/mol. The first-order valence-corrected chi connectivity index (χ1v) is 7.20. The maximum absolute atomic E-state index is 12.0. The Hall–Kier alpha value is -0.370. The molecule has 2 nitrogen and oxygen atoms in total. The van der Waals surface area contributed by atoms with Gasteiger partial charge in [-0.25, -0.2) is 0 Å². The number of hydrogen-bond acceptors (Lipinski definition) is 2. The minimum atomic E-state index is 0.326. The lowest BCUT2D eigenvalue weighted by atomic mass is 9.80. The Morgan fingerprint density at radius 3 is 2.71 bits per heavy atom. The molecule has 0 bridgehead atoms. The molecule has 2 heteroatoms. The van der Waals surface area contributed by atoms with Gasteiger partial charge in [0.15, 0.2) is 0 Å². The molecule has 0 amide bonds. The van der Waals surface area contributed by atoms with E-state index in [2.05, 4.69) is 20.8 Å². The van der Waals surface area contributed by atoms with Crippen molar-refractivity contribution in [2.45, 2.75) is 59.3 Å². The summed E-state index contributed by atoms with van der Waals surface area (Å²) >= 11 is 0. The third kappa shape index (κ3) is 6.21. The van der Waals surface area contributed by atoms with Gasteiger partial charge < -0.3 is 4.74 Å². The van der Waals surface area contributed by atoms with Gasteiger partial charge in [0.25, 0.3) is 0 Å². The molecule has 1 saturated carbocycles. The zero-order valence-corrected chi connectivity index (χ0v) is 11.7. The first-order chi connectivity index (χ1) is 8.09. The van der Waals surface area contributed by atoms with Gasteiger partial charge in [-0.15, -0.1) is 0 Å². The Balaban J connectivity index is 2.08. The molecule has 0 spiro atoms. The van der Waals surface area contributed by atoms with E-state index in [0.29, 0.717) is 30.6 Å². The van der Waals surface area contributed by atoms with Crippen molar-refractivity contribution in [3.8, 4) is 0 Å². The van der Waals surface area contributed by atoms with Crippen LogP contribution in [-0.4, -0.2) is 19.0 Å². The molecule has 100 valence electrons. The first-order valence-electron chi connectivity index (χ1n) is 7.20. The summed E-state index contributed by atoms with van der Waals surface area (Å²) in [7, 11) is 0. The Bertz CT molecular complexity index is 223. The Kier molecular flexibility index (Phi) is 6.79. The van der Waals surface area contributed by atoms with Crippen molar-refractivity contribution >= 4 is 5.78 Å². The molecular weight excluding hydrogens is 212 g/mol. The van der Waals surface area contributed by atoms with E-state index in [4.69, 9.17) is 4.74 Å². The Morgan fingerprint density at radius 2 is 2.06 bits per heavy atom. The maximum atomic E-state index is 12.0. The van der Waals surface area contributed by atoms with Crippen molar-refractivity contribution in [3.05, 3.63) is 0 Å². The predicted octanol–water partition coefficient (Wildman–Crippen LogP) is 3.83. The van der Waals surface area contributed by atoms with Crippen LogP contribution < -0.4 is 0 Å². The van der Waals surface area contributed by atoms with E-state index in [1.54, 1.807) is 0 Å². The molecule has 2 unspecified atom stereocenters. The van der Waals surface area contributed by atoms with Crippen LogP contribution in [0.2, 0.25) is 0 Å². The van der Waals surface area contributed by atoms with Gasteiger partial charge in [0.2, 0.25) is 0 Å². The monoisotopic (exact) mass is 240 g/mol. The zero-order chi connectivity index (χ0) is 12.7. The van der Waals surface area contributed by atoms with Gasteiger partial charge in [0.05, 0.1) is 6.61 Å². The molecule has 0 aliphatic heterocycles. The molecule has 0 aromatic carbocycles. The number of hydrogen-bond donors (Lipinski definition) is 0. The minimum absolute atomic E-state index is 0.326. The Morgan fingerprint density at radius 1 is 1.29 bits per heavy atom. The van der Waals surface area contributed by atoms with Crippen molar-refractivity contribution in [2.75, 3.05) is 13.2 Å². The molecule has 17 heavy (non-hydrogen) atoms. The number of ether oxygens (including phenoxy) is 1. The van der Waals surface area contributed by atoms with Crippen LogP contribution in [0.5, 0.6) is 0 Å². The second kappa shape index (κ2) is 7.86. The van der Waals surface area contributed by atoms with Gasteiger partial charge in [-0.2, -0.15) is 0 Å². The number of Topliss-reactive ketones (excluding diaryl/α,β-unsaturated/α-hetero) is 1. The largest absolute Gasteiger partial charge is 0.381 e. The molecular formula is C15H28O2. The highest BCUT2D eigenvalue weighted by atomic mass is 16.5. The average Bonchev–Trinajstić information content (AvgIpc) is 2.28. The molecule has 0 radical (unpaired) electrons. The number of ketones is 1. The van der Waals surface area contributed by atoms with Crippen molar-refractivity contribution in [3.63, 3.8) is 0 Å². The molecule has 1 aliphatic carbocycles. The van der Waals surface area contributed by atoms with Gasteiger partial charge in [-0.05, 0) is 31.1 Å². The van der Waals surface area contributed by atoms with Crippen LogP contribution in [0.25, 0.3) is 0 Å². The molecule has 0 heterocycles. The highest BCUT2D eigenvalue weighted by Gasteiger charge is 2.24. The molecule has 0 aromatic rings. The summed E-state index contributed by atoms with van der Waals surface area (Å²) in [4.78, 5) is 12.0. The van der Waals surface area contributed by atoms with Crippen LogP contribution in [0.4, 0.5) is 0 Å². The fourth-order valence-electron chi connectivity index (χ4n) is 2.52.